The van der Waals surface area contributed by atoms with Crippen LogP contribution in [-0.2, 0) is 19.1 Å². The average Bonchev–Trinajstić information content (AvgIpc) is 3.39. The SMILES string of the molecule is CC/C=C\C/C=C\C/C=C\C/C=C\C/C=C\C/C=C\C/C=C\C/C=C\C/C=C\CCCC(=O)OC(CO)COC(=O)CCCCCCCCCCCCCCCCCCCCCCCCCCCCCCCC. The lowest BCUT2D eigenvalue weighted by Gasteiger charge is -2.15. The molecule has 0 rings (SSSR count). The Labute approximate surface area is 452 Å². The van der Waals surface area contributed by atoms with Crippen molar-refractivity contribution in [1.82, 2.24) is 0 Å². The van der Waals surface area contributed by atoms with E-state index >= 15 is 0 Å². The highest BCUT2D eigenvalue weighted by atomic mass is 16.6. The highest BCUT2D eigenvalue weighted by molar-refractivity contribution is 5.70. The van der Waals surface area contributed by atoms with Crippen molar-refractivity contribution in [2.24, 2.45) is 0 Å². The summed E-state index contributed by atoms with van der Waals surface area (Å²) in [6, 6.07) is 0. The molecule has 0 saturated heterocycles. The van der Waals surface area contributed by atoms with Gasteiger partial charge in [0.2, 0.25) is 0 Å². The largest absolute Gasteiger partial charge is 0.462 e. The zero-order valence-corrected chi connectivity index (χ0v) is 47.9. The van der Waals surface area contributed by atoms with E-state index in [0.717, 1.165) is 83.5 Å². The van der Waals surface area contributed by atoms with Crippen LogP contribution in [0, 0.1) is 0 Å². The first-order valence-corrected chi connectivity index (χ1v) is 30.9. The number of unbranched alkanes of at least 4 members (excludes halogenated alkanes) is 30. The van der Waals surface area contributed by atoms with Crippen molar-refractivity contribution >= 4 is 11.9 Å². The maximum absolute atomic E-state index is 12.3. The second kappa shape index (κ2) is 62.9. The number of carbonyl (C=O) groups excluding carboxylic acids is 2. The van der Waals surface area contributed by atoms with Gasteiger partial charge in [-0.1, -0.05) is 309 Å². The molecule has 0 aromatic heterocycles. The van der Waals surface area contributed by atoms with Gasteiger partial charge >= 0.3 is 11.9 Å². The van der Waals surface area contributed by atoms with E-state index in [-0.39, 0.29) is 31.6 Å². The lowest BCUT2D eigenvalue weighted by atomic mass is 10.0. The summed E-state index contributed by atoms with van der Waals surface area (Å²) in [5, 5.41) is 9.66. The molecule has 0 bridgehead atoms. The molecule has 1 unspecified atom stereocenters. The Morgan fingerprint density at radius 1 is 0.329 bits per heavy atom. The lowest BCUT2D eigenvalue weighted by molar-refractivity contribution is -0.161. The summed E-state index contributed by atoms with van der Waals surface area (Å²) in [5.74, 6) is -0.656. The Morgan fingerprint density at radius 2 is 0.589 bits per heavy atom. The van der Waals surface area contributed by atoms with E-state index in [1.807, 2.05) is 0 Å². The van der Waals surface area contributed by atoms with E-state index < -0.39 is 6.10 Å². The van der Waals surface area contributed by atoms with Gasteiger partial charge in [0, 0.05) is 12.8 Å². The van der Waals surface area contributed by atoms with Crippen molar-refractivity contribution in [3.63, 3.8) is 0 Å². The fourth-order valence-corrected chi connectivity index (χ4v) is 8.74. The zero-order chi connectivity index (χ0) is 52.7. The number of ether oxygens (including phenoxy) is 2. The van der Waals surface area contributed by atoms with E-state index in [1.54, 1.807) is 0 Å². The van der Waals surface area contributed by atoms with Gasteiger partial charge in [0.15, 0.2) is 6.10 Å². The molecule has 0 heterocycles. The van der Waals surface area contributed by atoms with E-state index in [2.05, 4.69) is 123 Å². The third-order valence-electron chi connectivity index (χ3n) is 13.3. The monoisotopic (exact) mass is 1010 g/mol. The molecule has 0 amide bonds. The van der Waals surface area contributed by atoms with Gasteiger partial charge in [0.25, 0.3) is 0 Å². The first-order chi connectivity index (χ1) is 36.1. The smallest absolute Gasteiger partial charge is 0.306 e. The molecule has 5 nitrogen and oxygen atoms in total. The number of rotatable bonds is 56. The Kier molecular flexibility index (Phi) is 59.9. The number of aliphatic hydroxyl groups is 1. The van der Waals surface area contributed by atoms with Crippen LogP contribution in [0.3, 0.4) is 0 Å². The second-order valence-electron chi connectivity index (χ2n) is 20.4. The summed E-state index contributed by atoms with van der Waals surface area (Å²) in [4.78, 5) is 24.5. The van der Waals surface area contributed by atoms with Gasteiger partial charge in [-0.25, -0.2) is 0 Å². The van der Waals surface area contributed by atoms with Crippen molar-refractivity contribution < 1.29 is 24.2 Å². The highest BCUT2D eigenvalue weighted by Crippen LogP contribution is 2.17. The minimum absolute atomic E-state index is 0.0927. The molecule has 0 aromatic carbocycles. The standard InChI is InChI=1S/C68H116O5/c1-3-5-7-9-11-13-15-17-19-21-23-25-27-29-31-33-35-36-38-40-42-44-46-48-50-52-54-56-58-60-62-67(70)72-65-66(64-69)73-68(71)63-61-59-57-55-53-51-49-47-45-43-41-39-37-34-32-30-28-26-24-22-20-18-16-14-12-10-8-6-4-2/h6,8,12,14,18,20,24,26,30,32,37,39,43,45,49,51,55,57,66,69H,3-5,7,9-11,13,15-17,19,21-23,25,27-29,31,33-36,38,40-42,44,46-48,50,52-54,56,58-65H2,1-2H3/b8-6-,14-12-,20-18-,26-24-,32-30-,39-37-,45-43-,51-49-,57-55-. The predicted octanol–water partition coefficient (Wildman–Crippen LogP) is 21.3. The molecule has 0 aliphatic heterocycles. The number of hydrogen-bond donors (Lipinski definition) is 1. The molecule has 0 aliphatic carbocycles. The number of hydrogen-bond acceptors (Lipinski definition) is 5. The Morgan fingerprint density at radius 3 is 0.877 bits per heavy atom. The van der Waals surface area contributed by atoms with E-state index in [4.69, 9.17) is 9.47 Å². The second-order valence-corrected chi connectivity index (χ2v) is 20.4. The molecule has 0 aromatic rings. The zero-order valence-electron chi connectivity index (χ0n) is 47.9. The average molecular weight is 1010 g/mol. The summed E-state index contributed by atoms with van der Waals surface area (Å²) >= 11 is 0. The third-order valence-corrected chi connectivity index (χ3v) is 13.3. The molecule has 0 fully saturated rings. The van der Waals surface area contributed by atoms with Gasteiger partial charge in [0.05, 0.1) is 6.61 Å². The topological polar surface area (TPSA) is 72.8 Å². The molecular formula is C68H116O5. The Hall–Kier alpha value is -3.44. The normalized spacial score (nSPS) is 13.0. The Bertz CT molecular complexity index is 1420. The van der Waals surface area contributed by atoms with E-state index in [9.17, 15) is 14.7 Å². The van der Waals surface area contributed by atoms with Crippen molar-refractivity contribution in [1.29, 1.82) is 0 Å². The fourth-order valence-electron chi connectivity index (χ4n) is 8.74. The van der Waals surface area contributed by atoms with Crippen molar-refractivity contribution in [2.45, 2.75) is 296 Å². The first kappa shape index (κ1) is 69.6. The van der Waals surface area contributed by atoms with Crippen LogP contribution in [0.4, 0.5) is 0 Å². The number of aliphatic hydroxyl groups excluding tert-OH is 1. The maximum Gasteiger partial charge on any atom is 0.306 e. The van der Waals surface area contributed by atoms with Crippen LogP contribution in [0.5, 0.6) is 0 Å². The van der Waals surface area contributed by atoms with Gasteiger partial charge in [0.1, 0.15) is 6.61 Å². The van der Waals surface area contributed by atoms with Gasteiger partial charge in [-0.3, -0.25) is 9.59 Å². The van der Waals surface area contributed by atoms with Gasteiger partial charge in [-0.15, -0.1) is 0 Å². The third kappa shape index (κ3) is 61.0. The molecule has 5 heteroatoms. The van der Waals surface area contributed by atoms with Gasteiger partial charge < -0.3 is 14.6 Å². The number of esters is 2. The molecule has 73 heavy (non-hydrogen) atoms. The summed E-state index contributed by atoms with van der Waals surface area (Å²) in [7, 11) is 0. The van der Waals surface area contributed by atoms with Crippen LogP contribution in [0.25, 0.3) is 0 Å². The first-order valence-electron chi connectivity index (χ1n) is 30.9. The summed E-state index contributed by atoms with van der Waals surface area (Å²) in [6.45, 7) is 4.01. The van der Waals surface area contributed by atoms with Crippen molar-refractivity contribution in [3.8, 4) is 0 Å². The molecule has 0 saturated carbocycles. The number of allylic oxidation sites excluding steroid dienone is 18. The molecular weight excluding hydrogens is 897 g/mol. The van der Waals surface area contributed by atoms with Crippen LogP contribution in [0.15, 0.2) is 109 Å². The van der Waals surface area contributed by atoms with Crippen molar-refractivity contribution in [3.05, 3.63) is 109 Å². The molecule has 0 radical (unpaired) electrons. The summed E-state index contributed by atoms with van der Waals surface area (Å²) in [5.41, 5.74) is 0. The van der Waals surface area contributed by atoms with Crippen LogP contribution >= 0.6 is 0 Å². The highest BCUT2D eigenvalue weighted by Gasteiger charge is 2.16. The van der Waals surface area contributed by atoms with Crippen LogP contribution in [0.1, 0.15) is 290 Å². The van der Waals surface area contributed by atoms with Gasteiger partial charge in [-0.05, 0) is 77.0 Å². The van der Waals surface area contributed by atoms with E-state index in [1.165, 1.54) is 173 Å². The van der Waals surface area contributed by atoms with Crippen LogP contribution in [-0.4, -0.2) is 36.4 Å². The lowest BCUT2D eigenvalue weighted by Crippen LogP contribution is -2.28. The molecule has 418 valence electrons. The molecule has 1 atom stereocenters. The van der Waals surface area contributed by atoms with E-state index in [0.29, 0.717) is 12.8 Å². The number of carbonyl (C=O) groups is 2. The fraction of sp³-hybridized carbons (Fsp3) is 0.706. The minimum atomic E-state index is -0.810. The Balaban J connectivity index is 3.57. The molecule has 1 N–H and O–H groups in total. The predicted molar refractivity (Wildman–Crippen MR) is 320 cm³/mol. The summed E-state index contributed by atoms with van der Waals surface area (Å²) < 4.78 is 10.7. The molecule has 0 spiro atoms. The van der Waals surface area contributed by atoms with Crippen LogP contribution in [0.2, 0.25) is 0 Å². The quantitative estimate of drug-likeness (QED) is 0.0373. The van der Waals surface area contributed by atoms with Gasteiger partial charge in [-0.2, -0.15) is 0 Å². The molecule has 0 aliphatic rings. The van der Waals surface area contributed by atoms with Crippen LogP contribution < -0.4 is 0 Å². The van der Waals surface area contributed by atoms with Crippen molar-refractivity contribution in [2.75, 3.05) is 13.2 Å². The maximum atomic E-state index is 12.3. The summed E-state index contributed by atoms with van der Waals surface area (Å²) in [6.07, 6.45) is 90.9. The minimum Gasteiger partial charge on any atom is -0.462 e.